The summed E-state index contributed by atoms with van der Waals surface area (Å²) in [5.74, 6) is 0.473. The van der Waals surface area contributed by atoms with E-state index in [4.69, 9.17) is 15.2 Å². The molecule has 0 unspecified atom stereocenters. The van der Waals surface area contributed by atoms with E-state index in [0.717, 1.165) is 0 Å². The zero-order valence-electron chi connectivity index (χ0n) is 17.4. The highest BCUT2D eigenvalue weighted by molar-refractivity contribution is 5.74. The van der Waals surface area contributed by atoms with Crippen LogP contribution < -0.4 is 25.8 Å². The number of carbonyl (C=O) groups excluding carboxylic acids is 1. The molecule has 3 rings (SSSR count). The molecule has 0 saturated heterocycles. The second kappa shape index (κ2) is 10.3. The van der Waals surface area contributed by atoms with Crippen LogP contribution in [0.25, 0.3) is 11.1 Å². The number of nitrogens with zero attached hydrogens (tertiary/aromatic N) is 1. The van der Waals surface area contributed by atoms with Crippen LogP contribution in [0.15, 0.2) is 54.7 Å². The molecule has 7 nitrogen and oxygen atoms in total. The number of pyridine rings is 1. The Hall–Kier alpha value is -3.81. The van der Waals surface area contributed by atoms with E-state index < -0.39 is 5.82 Å². The number of aromatic nitrogens is 1. The van der Waals surface area contributed by atoms with Gasteiger partial charge in [0, 0.05) is 17.8 Å². The van der Waals surface area contributed by atoms with Crippen molar-refractivity contribution in [3.8, 4) is 22.6 Å². The van der Waals surface area contributed by atoms with Gasteiger partial charge < -0.3 is 25.8 Å². The smallest absolute Gasteiger partial charge is 0.315 e. The number of anilines is 1. The highest BCUT2D eigenvalue weighted by Gasteiger charge is 2.17. The quantitative estimate of drug-likeness (QED) is 0.477. The summed E-state index contributed by atoms with van der Waals surface area (Å²) in [4.78, 5) is 15.7. The number of methoxy groups -OCH3 is 1. The number of benzene rings is 2. The molecule has 0 bridgehead atoms. The SMILES string of the molecule is CCNC(=O)NCc1ccc(OCc2ccc(OC)c(-c3cccc(N)c3)c2F)cn1. The molecule has 162 valence electrons. The maximum atomic E-state index is 15.3. The maximum Gasteiger partial charge on any atom is 0.315 e. The van der Waals surface area contributed by atoms with E-state index in [9.17, 15) is 4.79 Å². The zero-order chi connectivity index (χ0) is 22.2. The number of nitrogen functional groups attached to an aromatic ring is 1. The normalized spacial score (nSPS) is 10.4. The number of hydrogen-bond donors (Lipinski definition) is 3. The van der Waals surface area contributed by atoms with Crippen molar-refractivity contribution in [2.24, 2.45) is 0 Å². The van der Waals surface area contributed by atoms with Gasteiger partial charge in [0.15, 0.2) is 0 Å². The van der Waals surface area contributed by atoms with Gasteiger partial charge >= 0.3 is 6.03 Å². The highest BCUT2D eigenvalue weighted by Crippen LogP contribution is 2.35. The first kappa shape index (κ1) is 21.9. The monoisotopic (exact) mass is 424 g/mol. The van der Waals surface area contributed by atoms with Crippen molar-refractivity contribution < 1.29 is 18.7 Å². The minimum atomic E-state index is -0.430. The standard InChI is InChI=1S/C23H25FN4O3/c1-3-26-23(29)28-12-18-8-9-19(13-27-18)31-14-16-7-10-20(30-2)21(22(16)24)15-5-4-6-17(25)11-15/h4-11,13H,3,12,14,25H2,1-2H3,(H2,26,28,29). The van der Waals surface area contributed by atoms with Gasteiger partial charge in [-0.3, -0.25) is 4.98 Å². The molecule has 31 heavy (non-hydrogen) atoms. The molecular weight excluding hydrogens is 399 g/mol. The third-order valence-electron chi connectivity index (χ3n) is 4.54. The fourth-order valence-corrected chi connectivity index (χ4v) is 3.00. The van der Waals surface area contributed by atoms with E-state index in [2.05, 4.69) is 15.6 Å². The van der Waals surface area contributed by atoms with Crippen LogP contribution in [0.1, 0.15) is 18.2 Å². The molecule has 2 aromatic carbocycles. The number of nitrogens with one attached hydrogen (secondary N) is 2. The van der Waals surface area contributed by atoms with Crippen LogP contribution in [0.4, 0.5) is 14.9 Å². The van der Waals surface area contributed by atoms with Crippen molar-refractivity contribution in [1.29, 1.82) is 0 Å². The predicted octanol–water partition coefficient (Wildman–Crippen LogP) is 3.88. The van der Waals surface area contributed by atoms with Gasteiger partial charge in [-0.05, 0) is 48.9 Å². The molecule has 0 atom stereocenters. The molecule has 1 heterocycles. The number of ether oxygens (including phenoxy) is 2. The van der Waals surface area contributed by atoms with E-state index in [1.54, 1.807) is 48.5 Å². The number of nitrogens with two attached hydrogens (primary N) is 1. The molecule has 4 N–H and O–H groups in total. The van der Waals surface area contributed by atoms with Gasteiger partial charge in [0.2, 0.25) is 0 Å². The predicted molar refractivity (Wildman–Crippen MR) is 117 cm³/mol. The molecule has 0 saturated carbocycles. The van der Waals surface area contributed by atoms with Crippen molar-refractivity contribution in [2.45, 2.75) is 20.1 Å². The first-order valence-corrected chi connectivity index (χ1v) is 9.82. The van der Waals surface area contributed by atoms with E-state index in [1.165, 1.54) is 13.3 Å². The third-order valence-corrected chi connectivity index (χ3v) is 4.54. The summed E-state index contributed by atoms with van der Waals surface area (Å²) in [6.07, 6.45) is 1.54. The summed E-state index contributed by atoms with van der Waals surface area (Å²) in [6, 6.07) is 13.5. The van der Waals surface area contributed by atoms with Crippen molar-refractivity contribution in [2.75, 3.05) is 19.4 Å². The lowest BCUT2D eigenvalue weighted by molar-refractivity contribution is 0.241. The van der Waals surface area contributed by atoms with Gasteiger partial charge in [-0.1, -0.05) is 12.1 Å². The summed E-state index contributed by atoms with van der Waals surface area (Å²) >= 11 is 0. The third kappa shape index (κ3) is 5.63. The lowest BCUT2D eigenvalue weighted by Crippen LogP contribution is -2.34. The second-order valence-electron chi connectivity index (χ2n) is 6.73. The Bertz CT molecular complexity index is 1040. The fraction of sp³-hybridized carbons (Fsp3) is 0.217. The Balaban J connectivity index is 1.71. The van der Waals surface area contributed by atoms with Gasteiger partial charge in [0.1, 0.15) is 23.9 Å². The Morgan fingerprint density at radius 2 is 2.00 bits per heavy atom. The molecule has 2 amide bonds. The molecule has 8 heteroatoms. The summed E-state index contributed by atoms with van der Waals surface area (Å²) in [5.41, 5.74) is 8.40. The first-order chi connectivity index (χ1) is 15.0. The Kier molecular flexibility index (Phi) is 7.26. The Morgan fingerprint density at radius 3 is 2.68 bits per heavy atom. The number of rotatable bonds is 8. The Morgan fingerprint density at radius 1 is 1.16 bits per heavy atom. The summed E-state index contributed by atoms with van der Waals surface area (Å²) in [7, 11) is 1.49. The number of amides is 2. The first-order valence-electron chi connectivity index (χ1n) is 9.82. The molecule has 0 radical (unpaired) electrons. The van der Waals surface area contributed by atoms with Gasteiger partial charge in [0.05, 0.1) is 31.1 Å². The topological polar surface area (TPSA) is 98.5 Å². The van der Waals surface area contributed by atoms with Crippen molar-refractivity contribution in [1.82, 2.24) is 15.6 Å². The van der Waals surface area contributed by atoms with E-state index in [0.29, 0.717) is 52.7 Å². The van der Waals surface area contributed by atoms with Crippen LogP contribution in [0.5, 0.6) is 11.5 Å². The minimum absolute atomic E-state index is 0.0172. The van der Waals surface area contributed by atoms with Crippen LogP contribution in [0.3, 0.4) is 0 Å². The molecule has 0 fully saturated rings. The molecule has 0 spiro atoms. The van der Waals surface area contributed by atoms with Gasteiger partial charge in [0.25, 0.3) is 0 Å². The van der Waals surface area contributed by atoms with Crippen LogP contribution in [0.2, 0.25) is 0 Å². The van der Waals surface area contributed by atoms with E-state index in [-0.39, 0.29) is 12.6 Å². The number of urea groups is 1. The Labute approximate surface area is 180 Å². The maximum absolute atomic E-state index is 15.3. The molecular formula is C23H25FN4O3. The lowest BCUT2D eigenvalue weighted by Gasteiger charge is -2.14. The number of halogens is 1. The largest absolute Gasteiger partial charge is 0.496 e. The number of carbonyl (C=O) groups is 1. The second-order valence-corrected chi connectivity index (χ2v) is 6.73. The number of hydrogen-bond acceptors (Lipinski definition) is 5. The lowest BCUT2D eigenvalue weighted by atomic mass is 10.0. The van der Waals surface area contributed by atoms with Crippen LogP contribution in [-0.2, 0) is 13.2 Å². The summed E-state index contributed by atoms with van der Waals surface area (Å²) in [5, 5.41) is 5.34. The summed E-state index contributed by atoms with van der Waals surface area (Å²) in [6.45, 7) is 2.70. The average molecular weight is 424 g/mol. The molecule has 0 aliphatic rings. The van der Waals surface area contributed by atoms with Crippen molar-refractivity contribution >= 4 is 11.7 Å². The van der Waals surface area contributed by atoms with Gasteiger partial charge in [-0.25, -0.2) is 9.18 Å². The molecule has 0 aliphatic carbocycles. The van der Waals surface area contributed by atoms with Crippen LogP contribution in [-0.4, -0.2) is 24.7 Å². The van der Waals surface area contributed by atoms with Gasteiger partial charge in [-0.2, -0.15) is 0 Å². The summed E-state index contributed by atoms with van der Waals surface area (Å²) < 4.78 is 26.3. The van der Waals surface area contributed by atoms with E-state index in [1.807, 2.05) is 6.92 Å². The van der Waals surface area contributed by atoms with Crippen LogP contribution >= 0.6 is 0 Å². The molecule has 3 aromatic rings. The van der Waals surface area contributed by atoms with Crippen LogP contribution in [0, 0.1) is 5.82 Å². The minimum Gasteiger partial charge on any atom is -0.496 e. The molecule has 0 aliphatic heterocycles. The highest BCUT2D eigenvalue weighted by atomic mass is 19.1. The van der Waals surface area contributed by atoms with Gasteiger partial charge in [-0.15, -0.1) is 0 Å². The fourth-order valence-electron chi connectivity index (χ4n) is 3.00. The van der Waals surface area contributed by atoms with E-state index >= 15 is 4.39 Å². The van der Waals surface area contributed by atoms with Crippen molar-refractivity contribution in [3.63, 3.8) is 0 Å². The average Bonchev–Trinajstić information content (AvgIpc) is 2.77. The molecule has 1 aromatic heterocycles. The zero-order valence-corrected chi connectivity index (χ0v) is 17.4. The van der Waals surface area contributed by atoms with Crippen molar-refractivity contribution in [3.05, 3.63) is 71.8 Å².